The smallest absolute Gasteiger partial charge is 0.134 e. The van der Waals surface area contributed by atoms with Gasteiger partial charge in [0.15, 0.2) is 0 Å². The number of anilines is 2. The second-order valence-corrected chi connectivity index (χ2v) is 15.9. The van der Waals surface area contributed by atoms with Gasteiger partial charge in [-0.3, -0.25) is 0 Å². The summed E-state index contributed by atoms with van der Waals surface area (Å²) in [7, 11) is 0. The molecule has 6 aromatic carbocycles. The van der Waals surface area contributed by atoms with E-state index in [1.54, 1.807) is 12.1 Å². The predicted molar refractivity (Wildman–Crippen MR) is 234 cm³/mol. The number of fused-ring (bicyclic) bond motifs is 10. The van der Waals surface area contributed by atoms with E-state index in [-0.39, 0.29) is 23.7 Å². The summed E-state index contributed by atoms with van der Waals surface area (Å²) in [5.74, 6) is 0.931. The van der Waals surface area contributed by atoms with Crippen molar-refractivity contribution in [2.75, 3.05) is 4.90 Å². The summed E-state index contributed by atoms with van der Waals surface area (Å²) in [6, 6.07) is 57.6. The highest BCUT2D eigenvalue weighted by Gasteiger charge is 2.50. The van der Waals surface area contributed by atoms with Gasteiger partial charge in [-0.15, -0.1) is 0 Å². The molecular formula is C54H38FN3. The lowest BCUT2D eigenvalue weighted by atomic mass is 9.62. The standard InChI is InChI=1S/C54H38FN3/c55-38-28-30-41-40-29-27-35(33-46(40)54(47(41)34-38,36-15-4-1-5-16-36)37-17-6-2-7-18-37)48-23-14-26-51(56-48)58-50-25-13-11-22-43(50)45-32-31-44-42-21-10-12-24-49(42)57(52(44)53(45)58)39-19-8-3-9-20-39/h1-17,19-34,37,45,53H,18H2. The fourth-order valence-corrected chi connectivity index (χ4v) is 10.8. The van der Waals surface area contributed by atoms with Crippen molar-refractivity contribution in [3.05, 3.63) is 234 Å². The van der Waals surface area contributed by atoms with Crippen LogP contribution in [0.4, 0.5) is 15.9 Å². The molecule has 3 aliphatic carbocycles. The average Bonchev–Trinajstić information content (AvgIpc) is 3.91. The van der Waals surface area contributed by atoms with Crippen LogP contribution in [-0.4, -0.2) is 9.55 Å². The molecule has 3 nitrogen and oxygen atoms in total. The zero-order chi connectivity index (χ0) is 38.4. The molecule has 276 valence electrons. The first-order valence-electron chi connectivity index (χ1n) is 20.3. The number of rotatable bonds is 5. The number of hydrogen-bond donors (Lipinski definition) is 0. The Morgan fingerprint density at radius 1 is 0.655 bits per heavy atom. The molecule has 4 unspecified atom stereocenters. The lowest BCUT2D eigenvalue weighted by molar-refractivity contribution is 0.455. The molecule has 4 atom stereocenters. The summed E-state index contributed by atoms with van der Waals surface area (Å²) >= 11 is 0. The first-order chi connectivity index (χ1) is 28.7. The third-order valence-corrected chi connectivity index (χ3v) is 13.1. The highest BCUT2D eigenvalue weighted by molar-refractivity contribution is 5.95. The number of nitrogens with zero attached hydrogens (tertiary/aromatic N) is 3. The van der Waals surface area contributed by atoms with E-state index in [0.29, 0.717) is 0 Å². The lowest BCUT2D eigenvalue weighted by Crippen LogP contribution is -2.35. The number of pyridine rings is 1. The van der Waals surface area contributed by atoms with Crippen LogP contribution in [0.2, 0.25) is 0 Å². The predicted octanol–water partition coefficient (Wildman–Crippen LogP) is 13.3. The van der Waals surface area contributed by atoms with Crippen molar-refractivity contribution in [2.45, 2.75) is 23.8 Å². The van der Waals surface area contributed by atoms with Crippen molar-refractivity contribution < 1.29 is 4.39 Å². The summed E-state index contributed by atoms with van der Waals surface area (Å²) in [5.41, 5.74) is 14.3. The van der Waals surface area contributed by atoms with Gasteiger partial charge in [0, 0.05) is 33.8 Å². The summed E-state index contributed by atoms with van der Waals surface area (Å²) in [5, 5.41) is 1.25. The lowest BCUT2D eigenvalue weighted by Gasteiger charge is -2.39. The number of hydrogen-bond acceptors (Lipinski definition) is 2. The minimum Gasteiger partial charge on any atom is -0.316 e. The van der Waals surface area contributed by atoms with E-state index >= 15 is 4.39 Å². The van der Waals surface area contributed by atoms with Crippen LogP contribution in [0.1, 0.15) is 51.9 Å². The monoisotopic (exact) mass is 747 g/mol. The SMILES string of the molecule is Fc1ccc2c(c1)C(c1ccccc1)(C1C=CC=CC1)c1cc(-c3cccc(N4c5ccccc5C5C=Cc6c(n(-c7ccccc7)c7ccccc67)C54)n3)ccc1-2. The molecule has 3 heterocycles. The number of halogens is 1. The first kappa shape index (κ1) is 33.1. The van der Waals surface area contributed by atoms with Gasteiger partial charge < -0.3 is 9.47 Å². The van der Waals surface area contributed by atoms with E-state index in [0.717, 1.165) is 45.9 Å². The van der Waals surface area contributed by atoms with Crippen LogP contribution in [0.3, 0.4) is 0 Å². The fraction of sp³-hybridized carbons (Fsp3) is 0.0926. The van der Waals surface area contributed by atoms with Crippen molar-refractivity contribution in [3.63, 3.8) is 0 Å². The van der Waals surface area contributed by atoms with Crippen LogP contribution in [0.5, 0.6) is 0 Å². The van der Waals surface area contributed by atoms with E-state index < -0.39 is 5.41 Å². The molecule has 58 heavy (non-hydrogen) atoms. The Labute approximate surface area is 337 Å². The van der Waals surface area contributed by atoms with Gasteiger partial charge in [-0.1, -0.05) is 146 Å². The van der Waals surface area contributed by atoms with Crippen molar-refractivity contribution in [2.24, 2.45) is 5.92 Å². The molecule has 0 saturated heterocycles. The van der Waals surface area contributed by atoms with E-state index in [1.165, 1.54) is 44.5 Å². The molecule has 0 fully saturated rings. The molecule has 0 spiro atoms. The van der Waals surface area contributed by atoms with Gasteiger partial charge in [0.2, 0.25) is 0 Å². The minimum atomic E-state index is -0.584. The molecule has 0 amide bonds. The average molecular weight is 748 g/mol. The Hall–Kier alpha value is -7.04. The minimum absolute atomic E-state index is 0.0194. The van der Waals surface area contributed by atoms with Gasteiger partial charge in [0.05, 0.1) is 28.4 Å². The molecule has 4 heteroatoms. The molecule has 0 N–H and O–H groups in total. The van der Waals surface area contributed by atoms with Crippen molar-refractivity contribution in [1.82, 2.24) is 9.55 Å². The molecule has 0 saturated carbocycles. The summed E-state index contributed by atoms with van der Waals surface area (Å²) in [6.07, 6.45) is 14.4. The second-order valence-electron chi connectivity index (χ2n) is 15.9. The largest absolute Gasteiger partial charge is 0.316 e. The van der Waals surface area contributed by atoms with Gasteiger partial charge >= 0.3 is 0 Å². The summed E-state index contributed by atoms with van der Waals surface area (Å²) in [4.78, 5) is 8.05. The Balaban J connectivity index is 1.05. The molecule has 8 aromatic rings. The van der Waals surface area contributed by atoms with Crippen molar-refractivity contribution in [1.29, 1.82) is 0 Å². The van der Waals surface area contributed by atoms with Crippen LogP contribution in [0.15, 0.2) is 194 Å². The molecule has 1 aliphatic heterocycles. The molecule has 0 bridgehead atoms. The van der Waals surface area contributed by atoms with Crippen LogP contribution < -0.4 is 4.90 Å². The van der Waals surface area contributed by atoms with Crippen molar-refractivity contribution >= 4 is 28.5 Å². The van der Waals surface area contributed by atoms with E-state index in [9.17, 15) is 0 Å². The van der Waals surface area contributed by atoms with E-state index in [4.69, 9.17) is 4.98 Å². The zero-order valence-electron chi connectivity index (χ0n) is 31.7. The Kier molecular flexibility index (Phi) is 7.28. The van der Waals surface area contributed by atoms with Gasteiger partial charge in [-0.25, -0.2) is 9.37 Å². The molecule has 2 aromatic heterocycles. The van der Waals surface area contributed by atoms with Crippen molar-refractivity contribution in [3.8, 4) is 28.1 Å². The highest BCUT2D eigenvalue weighted by atomic mass is 19.1. The third-order valence-electron chi connectivity index (χ3n) is 13.1. The van der Waals surface area contributed by atoms with Crippen LogP contribution >= 0.6 is 0 Å². The van der Waals surface area contributed by atoms with Gasteiger partial charge in [0.1, 0.15) is 11.6 Å². The number of aromatic nitrogens is 2. The van der Waals surface area contributed by atoms with Crippen LogP contribution in [-0.2, 0) is 5.41 Å². The third kappa shape index (κ3) is 4.63. The fourth-order valence-electron chi connectivity index (χ4n) is 10.8. The maximum atomic E-state index is 15.4. The normalized spacial score (nSPS) is 20.8. The molecular weight excluding hydrogens is 710 g/mol. The first-order valence-corrected chi connectivity index (χ1v) is 20.3. The maximum absolute atomic E-state index is 15.4. The zero-order valence-corrected chi connectivity index (χ0v) is 31.7. The van der Waals surface area contributed by atoms with Gasteiger partial charge in [-0.2, -0.15) is 0 Å². The number of para-hydroxylation sites is 3. The quantitative estimate of drug-likeness (QED) is 0.175. The maximum Gasteiger partial charge on any atom is 0.134 e. The van der Waals surface area contributed by atoms with E-state index in [2.05, 4.69) is 192 Å². The van der Waals surface area contributed by atoms with Crippen LogP contribution in [0.25, 0.3) is 45.1 Å². The second kappa shape index (κ2) is 12.7. The summed E-state index contributed by atoms with van der Waals surface area (Å²) in [6.45, 7) is 0. The van der Waals surface area contributed by atoms with Gasteiger partial charge in [0.25, 0.3) is 0 Å². The molecule has 4 aliphatic rings. The Bertz CT molecular complexity index is 3030. The molecule has 0 radical (unpaired) electrons. The summed E-state index contributed by atoms with van der Waals surface area (Å²) < 4.78 is 17.9. The van der Waals surface area contributed by atoms with E-state index in [1.807, 2.05) is 6.07 Å². The molecule has 12 rings (SSSR count). The Morgan fingerprint density at radius 3 is 2.26 bits per heavy atom. The number of allylic oxidation sites excluding steroid dienone is 4. The Morgan fingerprint density at radius 2 is 1.41 bits per heavy atom. The number of benzene rings is 6. The van der Waals surface area contributed by atoms with Crippen LogP contribution in [0, 0.1) is 11.7 Å². The topological polar surface area (TPSA) is 21.1 Å². The highest BCUT2D eigenvalue weighted by Crippen LogP contribution is 2.60. The van der Waals surface area contributed by atoms with Gasteiger partial charge in [-0.05, 0) is 100 Å².